The molecule has 0 saturated carbocycles. The van der Waals surface area contributed by atoms with Gasteiger partial charge in [0.05, 0.1) is 7.11 Å². The van der Waals surface area contributed by atoms with Crippen molar-refractivity contribution in [2.75, 3.05) is 20.3 Å². The lowest BCUT2D eigenvalue weighted by atomic mass is 10.2. The van der Waals surface area contributed by atoms with Crippen molar-refractivity contribution in [1.29, 1.82) is 0 Å². The Morgan fingerprint density at radius 1 is 0.893 bits per heavy atom. The minimum Gasteiger partial charge on any atom is -0.540 e. The van der Waals surface area contributed by atoms with Gasteiger partial charge in [-0.05, 0) is 53.7 Å². The molecule has 0 fully saturated rings. The van der Waals surface area contributed by atoms with Crippen LogP contribution in [0.4, 0.5) is 0 Å². The van der Waals surface area contributed by atoms with E-state index >= 15 is 0 Å². The van der Waals surface area contributed by atoms with E-state index < -0.39 is 8.32 Å². The molecule has 1 rings (SSSR count). The number of unbranched alkanes of at least 4 members (excludes halogenated alkanes) is 3. The number of benzene rings is 1. The Hall–Kier alpha value is -1.04. The van der Waals surface area contributed by atoms with Gasteiger partial charge in [-0.3, -0.25) is 0 Å². The van der Waals surface area contributed by atoms with E-state index in [1.807, 2.05) is 0 Å². The van der Waals surface area contributed by atoms with E-state index in [2.05, 4.69) is 65.1 Å². The summed E-state index contributed by atoms with van der Waals surface area (Å²) < 4.78 is 12.5. The normalized spacial score (nSPS) is 12.2. The van der Waals surface area contributed by atoms with Crippen LogP contribution in [0, 0.1) is 0 Å². The van der Waals surface area contributed by atoms with Gasteiger partial charge >= 0.3 is 0 Å². The van der Waals surface area contributed by atoms with Crippen molar-refractivity contribution < 1.29 is 14.3 Å². The van der Waals surface area contributed by atoms with Crippen molar-refractivity contribution in [1.82, 2.24) is 5.32 Å². The molecule has 5 heteroatoms. The maximum atomic E-state index is 8.82. The van der Waals surface area contributed by atoms with Gasteiger partial charge in [0.25, 0.3) is 8.32 Å². The molecule has 0 bridgehead atoms. The summed E-state index contributed by atoms with van der Waals surface area (Å²) in [5.74, 6) is 1.72. The van der Waals surface area contributed by atoms with Crippen LogP contribution < -0.4 is 14.5 Å². The van der Waals surface area contributed by atoms with E-state index in [1.165, 1.54) is 5.56 Å². The number of hydrogen-bond donors (Lipinski definition) is 2. The predicted octanol–water partition coefficient (Wildman–Crippen LogP) is 5.89. The fraction of sp³-hybridized carbons (Fsp3) is 0.739. The van der Waals surface area contributed by atoms with E-state index in [0.29, 0.717) is 23.2 Å². The van der Waals surface area contributed by atoms with Crippen molar-refractivity contribution in [2.24, 2.45) is 0 Å². The smallest absolute Gasteiger partial charge is 0.258 e. The first-order valence-corrected chi connectivity index (χ1v) is 13.1. The average Bonchev–Trinajstić information content (AvgIpc) is 2.64. The third-order valence-electron chi connectivity index (χ3n) is 5.81. The number of aliphatic hydroxyl groups excluding tert-OH is 1. The molecule has 1 aromatic carbocycles. The number of nitrogens with one attached hydrogen (secondary N) is 1. The number of hydrogen-bond acceptors (Lipinski definition) is 4. The molecule has 4 nitrogen and oxygen atoms in total. The van der Waals surface area contributed by atoms with Crippen LogP contribution in [0.1, 0.15) is 72.8 Å². The minimum absolute atomic E-state index is 0.302. The van der Waals surface area contributed by atoms with Crippen molar-refractivity contribution in [3.05, 3.63) is 23.8 Å². The Labute approximate surface area is 174 Å². The lowest BCUT2D eigenvalue weighted by Gasteiger charge is -2.42. The summed E-state index contributed by atoms with van der Waals surface area (Å²) in [5.41, 5.74) is 2.81. The highest BCUT2D eigenvalue weighted by Crippen LogP contribution is 2.44. The van der Waals surface area contributed by atoms with Gasteiger partial charge in [0, 0.05) is 13.2 Å². The molecule has 0 heterocycles. The first kappa shape index (κ1) is 25.0. The zero-order valence-corrected chi connectivity index (χ0v) is 20.2. The van der Waals surface area contributed by atoms with Crippen molar-refractivity contribution in [2.45, 2.75) is 90.4 Å². The molecule has 0 radical (unpaired) electrons. The maximum Gasteiger partial charge on any atom is 0.258 e. The quantitative estimate of drug-likeness (QED) is 0.297. The molecule has 0 aliphatic carbocycles. The Bertz CT molecular complexity index is 539. The van der Waals surface area contributed by atoms with E-state index in [4.69, 9.17) is 14.3 Å². The molecule has 0 unspecified atom stereocenters. The fourth-order valence-electron chi connectivity index (χ4n) is 4.40. The van der Waals surface area contributed by atoms with Gasteiger partial charge in [0.1, 0.15) is 5.75 Å². The third-order valence-corrected chi connectivity index (χ3v) is 11.8. The Morgan fingerprint density at radius 2 is 1.50 bits per heavy atom. The average molecular weight is 410 g/mol. The number of methoxy groups -OCH3 is 1. The molecule has 0 atom stereocenters. The van der Waals surface area contributed by atoms with E-state index in [1.54, 1.807) is 7.11 Å². The predicted molar refractivity (Wildman–Crippen MR) is 122 cm³/mol. The molecule has 0 aliphatic heterocycles. The van der Waals surface area contributed by atoms with Gasteiger partial charge in [-0.25, -0.2) is 0 Å². The maximum absolute atomic E-state index is 8.82. The van der Waals surface area contributed by atoms with Crippen LogP contribution in [0.15, 0.2) is 18.2 Å². The van der Waals surface area contributed by atoms with Gasteiger partial charge in [0.2, 0.25) is 0 Å². The van der Waals surface area contributed by atoms with E-state index in [0.717, 1.165) is 50.3 Å². The molecule has 0 aromatic heterocycles. The number of rotatable bonds is 14. The number of ether oxygens (including phenoxy) is 1. The first-order chi connectivity index (χ1) is 13.3. The summed E-state index contributed by atoms with van der Waals surface area (Å²) >= 11 is 0. The highest BCUT2D eigenvalue weighted by atomic mass is 28.4. The minimum atomic E-state index is -1.99. The van der Waals surface area contributed by atoms with E-state index in [-0.39, 0.29) is 0 Å². The monoisotopic (exact) mass is 409 g/mol. The molecular formula is C23H43NO3Si. The highest BCUT2D eigenvalue weighted by molar-refractivity contribution is 6.78. The molecule has 28 heavy (non-hydrogen) atoms. The van der Waals surface area contributed by atoms with Crippen LogP contribution in [0.5, 0.6) is 11.5 Å². The van der Waals surface area contributed by atoms with Crippen molar-refractivity contribution in [3.63, 3.8) is 0 Å². The summed E-state index contributed by atoms with van der Waals surface area (Å²) in [6.07, 6.45) is 4.32. The van der Waals surface area contributed by atoms with Crippen LogP contribution >= 0.6 is 0 Å². The van der Waals surface area contributed by atoms with Gasteiger partial charge in [-0.1, -0.05) is 60.5 Å². The molecule has 162 valence electrons. The molecule has 1 aromatic rings. The third kappa shape index (κ3) is 6.78. The van der Waals surface area contributed by atoms with Gasteiger partial charge in [0.15, 0.2) is 5.75 Å². The highest BCUT2D eigenvalue weighted by Gasteiger charge is 2.47. The molecule has 2 N–H and O–H groups in total. The molecule has 0 aliphatic rings. The lowest BCUT2D eigenvalue weighted by Crippen LogP contribution is -2.50. The topological polar surface area (TPSA) is 50.7 Å². The van der Waals surface area contributed by atoms with Crippen molar-refractivity contribution >= 4 is 8.32 Å². The summed E-state index contributed by atoms with van der Waals surface area (Å²) in [6.45, 7) is 15.9. The Balaban J connectivity index is 2.79. The van der Waals surface area contributed by atoms with Crippen molar-refractivity contribution in [3.8, 4) is 11.5 Å². The van der Waals surface area contributed by atoms with Gasteiger partial charge in [-0.2, -0.15) is 0 Å². The molecular weight excluding hydrogens is 366 g/mol. The number of aliphatic hydroxyl groups is 1. The van der Waals surface area contributed by atoms with Crippen LogP contribution in [-0.4, -0.2) is 33.7 Å². The fourth-order valence-corrected chi connectivity index (χ4v) is 9.66. The molecule has 0 amide bonds. The van der Waals surface area contributed by atoms with Crippen LogP contribution in [0.25, 0.3) is 0 Å². The molecule has 0 spiro atoms. The van der Waals surface area contributed by atoms with Gasteiger partial charge < -0.3 is 19.6 Å². The molecule has 0 saturated heterocycles. The zero-order valence-electron chi connectivity index (χ0n) is 19.2. The summed E-state index contributed by atoms with van der Waals surface area (Å²) in [5, 5.41) is 12.3. The summed E-state index contributed by atoms with van der Waals surface area (Å²) in [4.78, 5) is 0. The second-order valence-electron chi connectivity index (χ2n) is 8.72. The van der Waals surface area contributed by atoms with Gasteiger partial charge in [-0.15, -0.1) is 0 Å². The second-order valence-corrected chi connectivity index (χ2v) is 14.1. The Morgan fingerprint density at radius 3 is 2.04 bits per heavy atom. The SMILES string of the molecule is COc1cc(CNCCCCCCO)ccc1O[Si](C(C)C)(C(C)C)C(C)C. The van der Waals surface area contributed by atoms with Crippen LogP contribution in [0.2, 0.25) is 16.6 Å². The van der Waals surface area contributed by atoms with Crippen LogP contribution in [0.3, 0.4) is 0 Å². The largest absolute Gasteiger partial charge is 0.540 e. The second kappa shape index (κ2) is 12.5. The van der Waals surface area contributed by atoms with E-state index in [9.17, 15) is 0 Å². The van der Waals surface area contributed by atoms with Crippen LogP contribution in [-0.2, 0) is 6.54 Å². The first-order valence-electron chi connectivity index (χ1n) is 11.0. The zero-order chi connectivity index (χ0) is 21.2. The lowest BCUT2D eigenvalue weighted by molar-refractivity contribution is 0.282. The standard InChI is InChI=1S/C23H43NO3Si/c1-18(2)28(19(3)4,20(5)6)27-22-13-12-21(16-23(22)26-7)17-24-14-10-8-9-11-15-25/h12-13,16,18-20,24-25H,8-11,14-15,17H2,1-7H3. The summed E-state index contributed by atoms with van der Waals surface area (Å²) in [7, 11) is -0.268. The summed E-state index contributed by atoms with van der Waals surface area (Å²) in [6, 6.07) is 6.34. The Kier molecular flexibility index (Phi) is 11.2.